The van der Waals surface area contributed by atoms with Crippen molar-refractivity contribution in [3.8, 4) is 11.4 Å². The maximum Gasteiger partial charge on any atom is 0.255 e. The third kappa shape index (κ3) is 5.11. The van der Waals surface area contributed by atoms with Crippen LogP contribution in [-0.4, -0.2) is 28.0 Å². The van der Waals surface area contributed by atoms with Crippen LogP contribution in [0.1, 0.15) is 31.8 Å². The molecule has 7 heteroatoms. The molecule has 0 aliphatic rings. The van der Waals surface area contributed by atoms with E-state index in [9.17, 15) is 9.59 Å². The second kappa shape index (κ2) is 10.1. The molecule has 2 aromatic carbocycles. The molecule has 2 heterocycles. The number of anilines is 2. The molecule has 0 aliphatic carbocycles. The summed E-state index contributed by atoms with van der Waals surface area (Å²) in [6.45, 7) is 3.72. The van der Waals surface area contributed by atoms with Crippen molar-refractivity contribution >= 4 is 35.5 Å². The van der Waals surface area contributed by atoms with Gasteiger partial charge in [-0.25, -0.2) is 0 Å². The SMILES string of the molecule is C=Cc1cc(C(=O)Nc2ccc(-c3ccc(NC(=O)c4ccccc4)cn3)nc2)ccc1C=N. The first-order chi connectivity index (χ1) is 16.6. The molecule has 0 radical (unpaired) electrons. The van der Waals surface area contributed by atoms with E-state index >= 15 is 0 Å². The van der Waals surface area contributed by atoms with Crippen molar-refractivity contribution in [3.63, 3.8) is 0 Å². The van der Waals surface area contributed by atoms with Gasteiger partial charge in [0.1, 0.15) is 0 Å². The first-order valence-corrected chi connectivity index (χ1v) is 10.4. The van der Waals surface area contributed by atoms with E-state index in [1.54, 1.807) is 85.2 Å². The molecule has 166 valence electrons. The number of carbonyl (C=O) groups excluding carboxylic acids is 2. The Morgan fingerprint density at radius 2 is 1.32 bits per heavy atom. The Morgan fingerprint density at radius 1 is 0.735 bits per heavy atom. The number of carbonyl (C=O) groups is 2. The van der Waals surface area contributed by atoms with E-state index in [0.717, 1.165) is 0 Å². The van der Waals surface area contributed by atoms with Gasteiger partial charge < -0.3 is 16.0 Å². The van der Waals surface area contributed by atoms with Gasteiger partial charge in [-0.3, -0.25) is 19.6 Å². The summed E-state index contributed by atoms with van der Waals surface area (Å²) < 4.78 is 0. The molecule has 0 saturated carbocycles. The predicted octanol–water partition coefficient (Wildman–Crippen LogP) is 5.29. The molecule has 4 rings (SSSR count). The van der Waals surface area contributed by atoms with Crippen molar-refractivity contribution in [1.82, 2.24) is 9.97 Å². The monoisotopic (exact) mass is 447 g/mol. The van der Waals surface area contributed by atoms with E-state index in [2.05, 4.69) is 27.2 Å². The average molecular weight is 447 g/mol. The number of pyridine rings is 2. The van der Waals surface area contributed by atoms with Gasteiger partial charge in [0.15, 0.2) is 0 Å². The summed E-state index contributed by atoms with van der Waals surface area (Å²) in [5, 5.41) is 13.0. The summed E-state index contributed by atoms with van der Waals surface area (Å²) in [6, 6.07) is 21.0. The second-order valence-electron chi connectivity index (χ2n) is 7.33. The molecule has 0 fully saturated rings. The normalized spacial score (nSPS) is 10.2. The molecule has 34 heavy (non-hydrogen) atoms. The quantitative estimate of drug-likeness (QED) is 0.335. The van der Waals surface area contributed by atoms with E-state index in [4.69, 9.17) is 5.41 Å². The third-order valence-electron chi connectivity index (χ3n) is 5.07. The molecule has 2 amide bonds. The van der Waals surface area contributed by atoms with Crippen LogP contribution in [0.3, 0.4) is 0 Å². The zero-order valence-electron chi connectivity index (χ0n) is 18.2. The maximum absolute atomic E-state index is 12.6. The van der Waals surface area contributed by atoms with Gasteiger partial charge >= 0.3 is 0 Å². The highest BCUT2D eigenvalue weighted by molar-refractivity contribution is 6.05. The van der Waals surface area contributed by atoms with Gasteiger partial charge in [0.05, 0.1) is 35.2 Å². The Kier molecular flexibility index (Phi) is 6.65. The Balaban J connectivity index is 1.41. The van der Waals surface area contributed by atoms with Crippen LogP contribution in [0.4, 0.5) is 11.4 Å². The number of aromatic nitrogens is 2. The molecular formula is C27H21N5O2. The maximum atomic E-state index is 12.6. The van der Waals surface area contributed by atoms with Gasteiger partial charge in [-0.2, -0.15) is 0 Å². The number of nitrogens with zero attached hydrogens (tertiary/aromatic N) is 2. The minimum absolute atomic E-state index is 0.207. The lowest BCUT2D eigenvalue weighted by atomic mass is 10.0. The fraction of sp³-hybridized carbons (Fsp3) is 0. The lowest BCUT2D eigenvalue weighted by Gasteiger charge is -2.08. The molecule has 0 unspecified atom stereocenters. The van der Waals surface area contributed by atoms with E-state index in [0.29, 0.717) is 45.0 Å². The number of hydrogen-bond acceptors (Lipinski definition) is 5. The number of nitrogens with one attached hydrogen (secondary N) is 3. The van der Waals surface area contributed by atoms with Crippen molar-refractivity contribution < 1.29 is 9.59 Å². The van der Waals surface area contributed by atoms with Gasteiger partial charge in [-0.15, -0.1) is 0 Å². The summed E-state index contributed by atoms with van der Waals surface area (Å²) in [6.07, 6.45) is 5.96. The van der Waals surface area contributed by atoms with Crippen LogP contribution < -0.4 is 10.6 Å². The van der Waals surface area contributed by atoms with Crippen LogP contribution in [0.5, 0.6) is 0 Å². The van der Waals surface area contributed by atoms with Crippen molar-refractivity contribution in [2.24, 2.45) is 0 Å². The third-order valence-corrected chi connectivity index (χ3v) is 5.07. The van der Waals surface area contributed by atoms with Crippen molar-refractivity contribution in [1.29, 1.82) is 5.41 Å². The van der Waals surface area contributed by atoms with E-state index in [1.165, 1.54) is 6.21 Å². The Morgan fingerprint density at radius 3 is 1.82 bits per heavy atom. The Hall–Kier alpha value is -4.91. The van der Waals surface area contributed by atoms with Crippen LogP contribution in [-0.2, 0) is 0 Å². The number of amides is 2. The fourth-order valence-corrected chi connectivity index (χ4v) is 3.26. The molecule has 0 spiro atoms. The van der Waals surface area contributed by atoms with Gasteiger partial charge in [0.2, 0.25) is 0 Å². The molecule has 0 saturated heterocycles. The van der Waals surface area contributed by atoms with Crippen LogP contribution >= 0.6 is 0 Å². The van der Waals surface area contributed by atoms with Gasteiger partial charge in [0, 0.05) is 17.3 Å². The lowest BCUT2D eigenvalue weighted by molar-refractivity contribution is 0.101. The standard InChI is InChI=1S/C27H21N5O2/c1-2-18-14-20(8-9-21(18)15-28)27(34)32-23-11-13-25(30-17-23)24-12-10-22(16-29-24)31-26(33)19-6-4-3-5-7-19/h2-17,28H,1H2,(H,31,33)(H,32,34). The minimum Gasteiger partial charge on any atom is -0.321 e. The topological polar surface area (TPSA) is 108 Å². The highest BCUT2D eigenvalue weighted by Crippen LogP contribution is 2.19. The predicted molar refractivity (Wildman–Crippen MR) is 134 cm³/mol. The van der Waals surface area contributed by atoms with Crippen LogP contribution in [0.25, 0.3) is 17.5 Å². The summed E-state index contributed by atoms with van der Waals surface area (Å²) >= 11 is 0. The largest absolute Gasteiger partial charge is 0.321 e. The highest BCUT2D eigenvalue weighted by Gasteiger charge is 2.10. The van der Waals surface area contributed by atoms with Crippen LogP contribution in [0.15, 0.2) is 91.8 Å². The molecule has 2 aromatic heterocycles. The fourth-order valence-electron chi connectivity index (χ4n) is 3.26. The summed E-state index contributed by atoms with van der Waals surface area (Å²) in [5.74, 6) is -0.494. The zero-order valence-corrected chi connectivity index (χ0v) is 18.2. The number of hydrogen-bond donors (Lipinski definition) is 3. The molecular weight excluding hydrogens is 426 g/mol. The van der Waals surface area contributed by atoms with Crippen LogP contribution in [0, 0.1) is 5.41 Å². The number of rotatable bonds is 7. The summed E-state index contributed by atoms with van der Waals surface area (Å²) in [4.78, 5) is 33.6. The zero-order chi connectivity index (χ0) is 23.9. The Bertz CT molecular complexity index is 1350. The molecule has 0 bridgehead atoms. The van der Waals surface area contributed by atoms with Crippen molar-refractivity contribution in [3.05, 3.63) is 114 Å². The summed E-state index contributed by atoms with van der Waals surface area (Å²) in [7, 11) is 0. The van der Waals surface area contributed by atoms with Gasteiger partial charge in [-0.05, 0) is 59.7 Å². The lowest BCUT2D eigenvalue weighted by Crippen LogP contribution is -2.12. The second-order valence-corrected chi connectivity index (χ2v) is 7.33. The Labute approximate surface area is 196 Å². The van der Waals surface area contributed by atoms with Gasteiger partial charge in [0.25, 0.3) is 11.8 Å². The summed E-state index contributed by atoms with van der Waals surface area (Å²) in [5.41, 5.74) is 4.81. The van der Waals surface area contributed by atoms with Gasteiger partial charge in [-0.1, -0.05) is 36.9 Å². The first-order valence-electron chi connectivity index (χ1n) is 10.4. The first kappa shape index (κ1) is 22.3. The molecule has 3 N–H and O–H groups in total. The molecule has 0 aliphatic heterocycles. The number of benzene rings is 2. The van der Waals surface area contributed by atoms with E-state index in [-0.39, 0.29) is 11.8 Å². The molecule has 7 nitrogen and oxygen atoms in total. The van der Waals surface area contributed by atoms with Crippen LogP contribution in [0.2, 0.25) is 0 Å². The smallest absolute Gasteiger partial charge is 0.255 e. The van der Waals surface area contributed by atoms with E-state index < -0.39 is 0 Å². The van der Waals surface area contributed by atoms with Crippen molar-refractivity contribution in [2.75, 3.05) is 10.6 Å². The highest BCUT2D eigenvalue weighted by atomic mass is 16.2. The minimum atomic E-state index is -0.286. The molecule has 4 aromatic rings. The molecule has 0 atom stereocenters. The average Bonchev–Trinajstić information content (AvgIpc) is 2.89. The van der Waals surface area contributed by atoms with E-state index in [1.807, 2.05) is 6.07 Å². The van der Waals surface area contributed by atoms with Crippen molar-refractivity contribution in [2.45, 2.75) is 0 Å².